The molecule has 2 aromatic rings. The van der Waals surface area contributed by atoms with Crippen LogP contribution in [-0.2, 0) is 16.1 Å². The van der Waals surface area contributed by atoms with E-state index in [0.29, 0.717) is 18.9 Å². The maximum absolute atomic E-state index is 12.2. The Morgan fingerprint density at radius 2 is 1.79 bits per heavy atom. The smallest absolute Gasteiger partial charge is 0.225 e. The first-order valence-electron chi connectivity index (χ1n) is 9.50. The van der Waals surface area contributed by atoms with Crippen molar-refractivity contribution in [2.45, 2.75) is 13.0 Å². The Hall–Kier alpha value is -2.90. The predicted octanol–water partition coefficient (Wildman–Crippen LogP) is 2.27. The number of para-hydroxylation sites is 1. The summed E-state index contributed by atoms with van der Waals surface area (Å²) in [6, 6.07) is 17.3. The SMILES string of the molecule is NC(=NCc1cccc(NC(=O)CCN2CCOCC2)c1)Nc1ccccc1. The van der Waals surface area contributed by atoms with Crippen LogP contribution >= 0.6 is 0 Å². The number of benzene rings is 2. The first-order chi connectivity index (χ1) is 13.7. The summed E-state index contributed by atoms with van der Waals surface area (Å²) in [5, 5.41) is 6.01. The van der Waals surface area contributed by atoms with Gasteiger partial charge in [0, 0.05) is 37.4 Å². The number of morpholine rings is 1. The van der Waals surface area contributed by atoms with Crippen LogP contribution in [0.2, 0.25) is 0 Å². The molecule has 4 N–H and O–H groups in total. The van der Waals surface area contributed by atoms with Gasteiger partial charge in [0.1, 0.15) is 0 Å². The van der Waals surface area contributed by atoms with Gasteiger partial charge in [0.25, 0.3) is 0 Å². The molecule has 0 saturated carbocycles. The van der Waals surface area contributed by atoms with E-state index in [1.165, 1.54) is 0 Å². The van der Waals surface area contributed by atoms with Crippen LogP contribution in [0.4, 0.5) is 11.4 Å². The van der Waals surface area contributed by atoms with E-state index in [9.17, 15) is 4.79 Å². The van der Waals surface area contributed by atoms with Gasteiger partial charge in [0.15, 0.2) is 5.96 Å². The third-order valence-electron chi connectivity index (χ3n) is 4.45. The summed E-state index contributed by atoms with van der Waals surface area (Å²) in [6.45, 7) is 4.45. The largest absolute Gasteiger partial charge is 0.379 e. The summed E-state index contributed by atoms with van der Waals surface area (Å²) in [4.78, 5) is 18.8. The van der Waals surface area contributed by atoms with E-state index in [1.54, 1.807) is 0 Å². The molecule has 1 heterocycles. The molecule has 28 heavy (non-hydrogen) atoms. The van der Waals surface area contributed by atoms with Crippen LogP contribution in [0.3, 0.4) is 0 Å². The minimum absolute atomic E-state index is 0.0115. The van der Waals surface area contributed by atoms with Crippen molar-refractivity contribution in [2.24, 2.45) is 10.7 Å². The Bertz CT molecular complexity index is 788. The van der Waals surface area contributed by atoms with Crippen LogP contribution in [0.5, 0.6) is 0 Å². The normalized spacial score (nSPS) is 15.2. The van der Waals surface area contributed by atoms with Crippen molar-refractivity contribution in [2.75, 3.05) is 43.5 Å². The standard InChI is InChI=1S/C21H27N5O2/c22-21(25-18-6-2-1-3-7-18)23-16-17-5-4-8-19(15-17)24-20(27)9-10-26-11-13-28-14-12-26/h1-8,15H,9-14,16H2,(H,24,27)(H3,22,23,25). The maximum atomic E-state index is 12.2. The summed E-state index contributed by atoms with van der Waals surface area (Å²) in [5.41, 5.74) is 8.58. The van der Waals surface area contributed by atoms with Gasteiger partial charge in [-0.1, -0.05) is 30.3 Å². The second-order valence-electron chi connectivity index (χ2n) is 6.65. The molecule has 1 amide bonds. The highest BCUT2D eigenvalue weighted by Crippen LogP contribution is 2.12. The van der Waals surface area contributed by atoms with Crippen LogP contribution in [0.15, 0.2) is 59.6 Å². The monoisotopic (exact) mass is 381 g/mol. The molecule has 148 valence electrons. The Labute approximate surface area is 165 Å². The van der Waals surface area contributed by atoms with Gasteiger partial charge >= 0.3 is 0 Å². The summed E-state index contributed by atoms with van der Waals surface area (Å²) < 4.78 is 5.32. The fourth-order valence-electron chi connectivity index (χ4n) is 2.94. The molecule has 0 aliphatic carbocycles. The van der Waals surface area contributed by atoms with E-state index in [0.717, 1.165) is 49.8 Å². The van der Waals surface area contributed by atoms with Gasteiger partial charge in [-0.2, -0.15) is 0 Å². The van der Waals surface area contributed by atoms with Crippen LogP contribution < -0.4 is 16.4 Å². The van der Waals surface area contributed by atoms with Crippen molar-refractivity contribution in [3.8, 4) is 0 Å². The average molecular weight is 381 g/mol. The molecule has 1 fully saturated rings. The average Bonchev–Trinajstić information content (AvgIpc) is 2.73. The molecule has 7 nitrogen and oxygen atoms in total. The number of hydrogen-bond acceptors (Lipinski definition) is 4. The highest BCUT2D eigenvalue weighted by atomic mass is 16.5. The second kappa shape index (κ2) is 10.4. The first kappa shape index (κ1) is 19.9. The second-order valence-corrected chi connectivity index (χ2v) is 6.65. The third kappa shape index (κ3) is 6.68. The number of hydrogen-bond donors (Lipinski definition) is 3. The summed E-state index contributed by atoms with van der Waals surface area (Å²) >= 11 is 0. The molecule has 1 aliphatic heterocycles. The molecule has 0 aromatic heterocycles. The number of ether oxygens (including phenoxy) is 1. The first-order valence-corrected chi connectivity index (χ1v) is 9.50. The number of rotatable bonds is 7. The van der Waals surface area contributed by atoms with Crippen molar-refractivity contribution in [3.63, 3.8) is 0 Å². The topological polar surface area (TPSA) is 92.0 Å². The van der Waals surface area contributed by atoms with Crippen LogP contribution in [0.25, 0.3) is 0 Å². The zero-order chi connectivity index (χ0) is 19.6. The molecule has 0 spiro atoms. The zero-order valence-corrected chi connectivity index (χ0v) is 15.9. The Morgan fingerprint density at radius 1 is 1.04 bits per heavy atom. The van der Waals surface area contributed by atoms with E-state index >= 15 is 0 Å². The zero-order valence-electron chi connectivity index (χ0n) is 15.9. The highest BCUT2D eigenvalue weighted by molar-refractivity contribution is 5.92. The summed E-state index contributed by atoms with van der Waals surface area (Å²) in [7, 11) is 0. The molecule has 0 bridgehead atoms. The van der Waals surface area contributed by atoms with E-state index in [2.05, 4.69) is 20.5 Å². The van der Waals surface area contributed by atoms with Crippen LogP contribution in [-0.4, -0.2) is 49.6 Å². The Balaban J connectivity index is 1.47. The van der Waals surface area contributed by atoms with Gasteiger partial charge in [-0.15, -0.1) is 0 Å². The van der Waals surface area contributed by atoms with Gasteiger partial charge < -0.3 is 21.1 Å². The number of amides is 1. The molecule has 3 rings (SSSR count). The fourth-order valence-corrected chi connectivity index (χ4v) is 2.94. The molecule has 2 aromatic carbocycles. The lowest BCUT2D eigenvalue weighted by Crippen LogP contribution is -2.38. The lowest BCUT2D eigenvalue weighted by Gasteiger charge is -2.26. The third-order valence-corrected chi connectivity index (χ3v) is 4.45. The summed E-state index contributed by atoms with van der Waals surface area (Å²) in [6.07, 6.45) is 0.469. The number of nitrogens with one attached hydrogen (secondary N) is 2. The van der Waals surface area contributed by atoms with Gasteiger partial charge in [-0.3, -0.25) is 9.69 Å². The lowest BCUT2D eigenvalue weighted by molar-refractivity contribution is -0.116. The quantitative estimate of drug-likeness (QED) is 0.505. The Morgan fingerprint density at radius 3 is 2.57 bits per heavy atom. The predicted molar refractivity (Wildman–Crippen MR) is 112 cm³/mol. The van der Waals surface area contributed by atoms with Crippen molar-refractivity contribution < 1.29 is 9.53 Å². The fraction of sp³-hybridized carbons (Fsp3) is 0.333. The minimum Gasteiger partial charge on any atom is -0.379 e. The number of carbonyl (C=O) groups is 1. The van der Waals surface area contributed by atoms with Crippen molar-refractivity contribution >= 4 is 23.2 Å². The molecule has 1 aliphatic rings. The molecule has 1 saturated heterocycles. The number of nitrogens with two attached hydrogens (primary N) is 1. The molecule has 7 heteroatoms. The minimum atomic E-state index is 0.0115. The van der Waals surface area contributed by atoms with E-state index in [4.69, 9.17) is 10.5 Å². The molecular weight excluding hydrogens is 354 g/mol. The van der Waals surface area contributed by atoms with E-state index in [-0.39, 0.29) is 5.91 Å². The van der Waals surface area contributed by atoms with Gasteiger partial charge in [0.05, 0.1) is 19.8 Å². The van der Waals surface area contributed by atoms with Crippen molar-refractivity contribution in [1.29, 1.82) is 0 Å². The maximum Gasteiger partial charge on any atom is 0.225 e. The highest BCUT2D eigenvalue weighted by Gasteiger charge is 2.12. The molecular formula is C21H27N5O2. The van der Waals surface area contributed by atoms with E-state index < -0.39 is 0 Å². The number of anilines is 2. The number of guanidine groups is 1. The van der Waals surface area contributed by atoms with Crippen molar-refractivity contribution in [3.05, 3.63) is 60.2 Å². The Kier molecular flexibility index (Phi) is 7.40. The van der Waals surface area contributed by atoms with Crippen LogP contribution in [0.1, 0.15) is 12.0 Å². The number of nitrogens with zero attached hydrogens (tertiary/aromatic N) is 2. The lowest BCUT2D eigenvalue weighted by atomic mass is 10.2. The van der Waals surface area contributed by atoms with Gasteiger partial charge in [-0.05, 0) is 29.8 Å². The van der Waals surface area contributed by atoms with E-state index in [1.807, 2.05) is 54.6 Å². The van der Waals surface area contributed by atoms with Crippen LogP contribution in [0, 0.1) is 0 Å². The van der Waals surface area contributed by atoms with Gasteiger partial charge in [0.2, 0.25) is 5.91 Å². The number of carbonyl (C=O) groups excluding carboxylic acids is 1. The van der Waals surface area contributed by atoms with Gasteiger partial charge in [-0.25, -0.2) is 4.99 Å². The summed E-state index contributed by atoms with van der Waals surface area (Å²) in [5.74, 6) is 0.364. The van der Waals surface area contributed by atoms with Crippen molar-refractivity contribution in [1.82, 2.24) is 4.90 Å². The molecule has 0 atom stereocenters. The molecule has 0 radical (unpaired) electrons. The number of aliphatic imine (C=N–C) groups is 1. The molecule has 0 unspecified atom stereocenters.